The summed E-state index contributed by atoms with van der Waals surface area (Å²) in [7, 11) is 0. The molecule has 5 rings (SSSR count). The molecule has 0 spiro atoms. The first-order valence-electron chi connectivity index (χ1n) is 11.5. The van der Waals surface area contributed by atoms with E-state index in [0.29, 0.717) is 23.1 Å². The summed E-state index contributed by atoms with van der Waals surface area (Å²) in [6, 6.07) is 23.1. The molecule has 2 amide bonds. The van der Waals surface area contributed by atoms with Gasteiger partial charge in [-0.05, 0) is 69.3 Å². The molecule has 0 saturated heterocycles. The summed E-state index contributed by atoms with van der Waals surface area (Å²) in [6.45, 7) is 6.07. The number of rotatable bonds is 6. The maximum Gasteiger partial charge on any atom is 0.250 e. The van der Waals surface area contributed by atoms with Crippen LogP contribution in [0.25, 0.3) is 16.7 Å². The van der Waals surface area contributed by atoms with E-state index in [-0.39, 0.29) is 17.6 Å². The zero-order chi connectivity index (χ0) is 24.6. The highest BCUT2D eigenvalue weighted by molar-refractivity contribution is 7.99. The summed E-state index contributed by atoms with van der Waals surface area (Å²) in [6.07, 6.45) is 0. The number of carbonyl (C=O) groups is 2. The topological polar surface area (TPSA) is 76.5 Å². The number of amides is 2. The standard InChI is InChI=1S/C27H26N4O3S/c1-4-34-19-15-13-18(14-16-19)30-22-11-7-5-9-20(22)29-26(30)35-17-24(32)31-23-12-8-6-10-21(23)28-25(33)27(31,2)3/h5-16H,4,17H2,1-3H3,(H,28,33). The van der Waals surface area contributed by atoms with E-state index < -0.39 is 5.54 Å². The molecule has 1 N–H and O–H groups in total. The van der Waals surface area contributed by atoms with Gasteiger partial charge >= 0.3 is 0 Å². The number of carbonyl (C=O) groups excluding carboxylic acids is 2. The zero-order valence-corrected chi connectivity index (χ0v) is 20.6. The molecule has 0 saturated carbocycles. The lowest BCUT2D eigenvalue weighted by atomic mass is 9.96. The molecule has 0 aliphatic carbocycles. The largest absolute Gasteiger partial charge is 0.494 e. The lowest BCUT2D eigenvalue weighted by molar-refractivity contribution is -0.125. The van der Waals surface area contributed by atoms with Crippen LogP contribution in [0.1, 0.15) is 20.8 Å². The number of hydrogen-bond donors (Lipinski definition) is 1. The summed E-state index contributed by atoms with van der Waals surface area (Å²) in [5.74, 6) is 0.559. The van der Waals surface area contributed by atoms with Gasteiger partial charge in [-0.2, -0.15) is 0 Å². The SMILES string of the molecule is CCOc1ccc(-n2c(SCC(=O)N3c4ccccc4NC(=O)C3(C)C)nc3ccccc32)cc1. The minimum atomic E-state index is -1.01. The minimum Gasteiger partial charge on any atom is -0.494 e. The molecule has 1 aromatic heterocycles. The van der Waals surface area contributed by atoms with Crippen molar-refractivity contribution in [2.24, 2.45) is 0 Å². The molecule has 8 heteroatoms. The Balaban J connectivity index is 1.47. The van der Waals surface area contributed by atoms with Gasteiger partial charge in [0, 0.05) is 5.69 Å². The average molecular weight is 487 g/mol. The molecule has 0 fully saturated rings. The molecule has 178 valence electrons. The lowest BCUT2D eigenvalue weighted by Crippen LogP contribution is -2.59. The molecule has 2 heterocycles. The van der Waals surface area contributed by atoms with E-state index >= 15 is 0 Å². The van der Waals surface area contributed by atoms with E-state index in [4.69, 9.17) is 9.72 Å². The summed E-state index contributed by atoms with van der Waals surface area (Å²) in [5, 5.41) is 3.61. The van der Waals surface area contributed by atoms with Crippen molar-refractivity contribution in [3.63, 3.8) is 0 Å². The molecule has 1 aliphatic heterocycles. The number of aromatic nitrogens is 2. The first kappa shape index (κ1) is 23.0. The smallest absolute Gasteiger partial charge is 0.250 e. The predicted octanol–water partition coefficient (Wildman–Crippen LogP) is 5.28. The Labute approximate surface area is 208 Å². The first-order valence-corrected chi connectivity index (χ1v) is 12.5. The van der Waals surface area contributed by atoms with Crippen molar-refractivity contribution < 1.29 is 14.3 Å². The van der Waals surface area contributed by atoms with Gasteiger partial charge in [-0.3, -0.25) is 19.1 Å². The van der Waals surface area contributed by atoms with Gasteiger partial charge in [0.25, 0.3) is 0 Å². The molecular weight excluding hydrogens is 460 g/mol. The van der Waals surface area contributed by atoms with Gasteiger partial charge in [-0.15, -0.1) is 0 Å². The van der Waals surface area contributed by atoms with Crippen LogP contribution in [0.5, 0.6) is 5.75 Å². The van der Waals surface area contributed by atoms with Gasteiger partial charge in [-0.1, -0.05) is 36.0 Å². The summed E-state index contributed by atoms with van der Waals surface area (Å²) in [5.41, 5.74) is 3.05. The molecule has 4 aromatic rings. The third-order valence-corrected chi connectivity index (χ3v) is 6.94. The highest BCUT2D eigenvalue weighted by Crippen LogP contribution is 2.38. The molecule has 0 bridgehead atoms. The van der Waals surface area contributed by atoms with E-state index in [9.17, 15) is 9.59 Å². The van der Waals surface area contributed by atoms with Crippen LogP contribution >= 0.6 is 11.8 Å². The second-order valence-corrected chi connectivity index (χ2v) is 9.64. The fourth-order valence-electron chi connectivity index (χ4n) is 4.30. The third kappa shape index (κ3) is 4.14. The van der Waals surface area contributed by atoms with Crippen molar-refractivity contribution in [3.8, 4) is 11.4 Å². The van der Waals surface area contributed by atoms with Gasteiger partial charge in [0.1, 0.15) is 11.3 Å². The van der Waals surface area contributed by atoms with Crippen molar-refractivity contribution in [2.75, 3.05) is 22.6 Å². The third-order valence-electron chi connectivity index (χ3n) is 6.02. The van der Waals surface area contributed by atoms with E-state index in [2.05, 4.69) is 5.32 Å². The highest BCUT2D eigenvalue weighted by Gasteiger charge is 2.43. The molecule has 0 atom stereocenters. The van der Waals surface area contributed by atoms with Crippen LogP contribution in [0.4, 0.5) is 11.4 Å². The normalized spacial score (nSPS) is 14.5. The Hall–Kier alpha value is -3.78. The average Bonchev–Trinajstić information content (AvgIpc) is 3.22. The fourth-order valence-corrected chi connectivity index (χ4v) is 5.17. The van der Waals surface area contributed by atoms with Crippen molar-refractivity contribution in [3.05, 3.63) is 72.8 Å². The maximum atomic E-state index is 13.5. The number of ether oxygens (including phenoxy) is 1. The number of imidazole rings is 1. The molecule has 35 heavy (non-hydrogen) atoms. The predicted molar refractivity (Wildman–Crippen MR) is 140 cm³/mol. The number of nitrogens with zero attached hydrogens (tertiary/aromatic N) is 3. The highest BCUT2D eigenvalue weighted by atomic mass is 32.2. The van der Waals surface area contributed by atoms with Crippen LogP contribution in [0.3, 0.4) is 0 Å². The number of anilines is 2. The lowest BCUT2D eigenvalue weighted by Gasteiger charge is -2.42. The van der Waals surface area contributed by atoms with Crippen LogP contribution in [0.2, 0.25) is 0 Å². The maximum absolute atomic E-state index is 13.5. The number of para-hydroxylation sites is 4. The Morgan fingerprint density at radius 2 is 1.74 bits per heavy atom. The summed E-state index contributed by atoms with van der Waals surface area (Å²) >= 11 is 1.36. The summed E-state index contributed by atoms with van der Waals surface area (Å²) < 4.78 is 7.63. The van der Waals surface area contributed by atoms with Crippen molar-refractivity contribution in [2.45, 2.75) is 31.5 Å². The number of hydrogen-bond acceptors (Lipinski definition) is 5. The van der Waals surface area contributed by atoms with E-state index in [1.165, 1.54) is 11.8 Å². The zero-order valence-electron chi connectivity index (χ0n) is 19.8. The number of benzene rings is 3. The quantitative estimate of drug-likeness (QED) is 0.375. The number of fused-ring (bicyclic) bond motifs is 2. The van der Waals surface area contributed by atoms with Crippen LogP contribution in [-0.2, 0) is 9.59 Å². The molecule has 3 aromatic carbocycles. The Morgan fingerprint density at radius 1 is 1.03 bits per heavy atom. The van der Waals surface area contributed by atoms with E-state index in [1.807, 2.05) is 78.2 Å². The first-order chi connectivity index (χ1) is 16.9. The Bertz CT molecular complexity index is 1410. The monoisotopic (exact) mass is 486 g/mol. The Kier molecular flexibility index (Phi) is 5.98. The van der Waals surface area contributed by atoms with Gasteiger partial charge in [0.2, 0.25) is 11.8 Å². The Morgan fingerprint density at radius 3 is 2.51 bits per heavy atom. The summed E-state index contributed by atoms with van der Waals surface area (Å²) in [4.78, 5) is 32.7. The molecular formula is C27H26N4O3S. The molecule has 7 nitrogen and oxygen atoms in total. The van der Waals surface area contributed by atoms with Gasteiger partial charge in [0.05, 0.1) is 34.8 Å². The second-order valence-electron chi connectivity index (χ2n) is 8.69. The number of thioether (sulfide) groups is 1. The molecule has 1 aliphatic rings. The van der Waals surface area contributed by atoms with Gasteiger partial charge in [-0.25, -0.2) is 4.98 Å². The van der Waals surface area contributed by atoms with Crippen LogP contribution in [0.15, 0.2) is 78.0 Å². The van der Waals surface area contributed by atoms with Gasteiger partial charge in [0.15, 0.2) is 5.16 Å². The van der Waals surface area contributed by atoms with Crippen LogP contribution < -0.4 is 15.0 Å². The number of nitrogens with one attached hydrogen (secondary N) is 1. The second kappa shape index (κ2) is 9.11. The van der Waals surface area contributed by atoms with Crippen molar-refractivity contribution in [1.29, 1.82) is 0 Å². The van der Waals surface area contributed by atoms with Crippen molar-refractivity contribution >= 4 is 46.0 Å². The van der Waals surface area contributed by atoms with Crippen molar-refractivity contribution in [1.82, 2.24) is 9.55 Å². The van der Waals surface area contributed by atoms with E-state index in [1.54, 1.807) is 24.8 Å². The van der Waals surface area contributed by atoms with Crippen LogP contribution in [0, 0.1) is 0 Å². The molecule has 0 radical (unpaired) electrons. The molecule has 0 unspecified atom stereocenters. The minimum absolute atomic E-state index is 0.130. The van der Waals surface area contributed by atoms with E-state index in [0.717, 1.165) is 22.5 Å². The van der Waals surface area contributed by atoms with Gasteiger partial charge < -0.3 is 10.1 Å². The van der Waals surface area contributed by atoms with Crippen LogP contribution in [-0.4, -0.2) is 39.3 Å². The fraction of sp³-hybridized carbons (Fsp3) is 0.222.